The smallest absolute Gasteiger partial charge is 0.404 e. The first-order chi connectivity index (χ1) is 8.27. The predicted octanol–water partition coefficient (Wildman–Crippen LogP) is 2.55. The third kappa shape index (κ3) is 3.07. The standard InChI is InChI=1S/C12H14F3NO2/c1-11(17)6-7-16(8-11)9-4-2-3-5-10(9)18-12(13,14)15/h2-5,17H,6-8H2,1H3/t11-/m1/s1. The number of ether oxygens (including phenoxy) is 1. The van der Waals surface area contributed by atoms with Crippen molar-refractivity contribution in [3.63, 3.8) is 0 Å². The number of β-amino-alcohol motifs (C(OH)–C–C–N with tert-alkyl or cyclic N) is 1. The van der Waals surface area contributed by atoms with Gasteiger partial charge in [-0.3, -0.25) is 0 Å². The molecule has 0 amide bonds. The topological polar surface area (TPSA) is 32.7 Å². The van der Waals surface area contributed by atoms with Crippen molar-refractivity contribution in [2.45, 2.75) is 25.3 Å². The molecule has 0 aromatic heterocycles. The van der Waals surface area contributed by atoms with Gasteiger partial charge in [0.2, 0.25) is 0 Å². The minimum atomic E-state index is -4.71. The Hall–Kier alpha value is -1.43. The normalized spacial score (nSPS) is 24.4. The highest BCUT2D eigenvalue weighted by atomic mass is 19.4. The average Bonchev–Trinajstić information content (AvgIpc) is 2.57. The Balaban J connectivity index is 2.23. The zero-order valence-corrected chi connectivity index (χ0v) is 9.87. The van der Waals surface area contributed by atoms with Gasteiger partial charge in [-0.1, -0.05) is 12.1 Å². The third-order valence-corrected chi connectivity index (χ3v) is 2.88. The first-order valence-electron chi connectivity index (χ1n) is 5.59. The Kier molecular flexibility index (Phi) is 3.14. The highest BCUT2D eigenvalue weighted by Gasteiger charge is 2.36. The van der Waals surface area contributed by atoms with Crippen LogP contribution in [0.5, 0.6) is 5.75 Å². The summed E-state index contributed by atoms with van der Waals surface area (Å²) in [6, 6.07) is 5.96. The quantitative estimate of drug-likeness (QED) is 0.888. The number of benzene rings is 1. The van der Waals surface area contributed by atoms with Gasteiger partial charge in [-0.2, -0.15) is 0 Å². The largest absolute Gasteiger partial charge is 0.573 e. The molecule has 18 heavy (non-hydrogen) atoms. The molecule has 6 heteroatoms. The molecule has 2 rings (SSSR count). The van der Waals surface area contributed by atoms with E-state index in [4.69, 9.17) is 0 Å². The van der Waals surface area contributed by atoms with E-state index in [2.05, 4.69) is 4.74 Å². The molecule has 1 aromatic carbocycles. The van der Waals surface area contributed by atoms with Crippen LogP contribution in [-0.4, -0.2) is 30.2 Å². The number of anilines is 1. The molecule has 1 saturated heterocycles. The molecule has 1 heterocycles. The van der Waals surface area contributed by atoms with Crippen LogP contribution in [0.1, 0.15) is 13.3 Å². The summed E-state index contributed by atoms with van der Waals surface area (Å²) in [6.07, 6.45) is -4.19. The van der Waals surface area contributed by atoms with Gasteiger partial charge in [-0.15, -0.1) is 13.2 Å². The fourth-order valence-corrected chi connectivity index (χ4v) is 2.08. The molecule has 0 saturated carbocycles. The van der Waals surface area contributed by atoms with Crippen LogP contribution in [0.2, 0.25) is 0 Å². The summed E-state index contributed by atoms with van der Waals surface area (Å²) in [6.45, 7) is 2.47. The molecule has 1 aliphatic rings. The van der Waals surface area contributed by atoms with Crippen LogP contribution in [-0.2, 0) is 0 Å². The molecule has 0 radical (unpaired) electrons. The summed E-state index contributed by atoms with van der Waals surface area (Å²) >= 11 is 0. The predicted molar refractivity (Wildman–Crippen MR) is 60.6 cm³/mol. The molecule has 0 bridgehead atoms. The van der Waals surface area contributed by atoms with E-state index in [1.807, 2.05) is 0 Å². The Morgan fingerprint density at radius 3 is 2.56 bits per heavy atom. The van der Waals surface area contributed by atoms with Crippen LogP contribution in [0.25, 0.3) is 0 Å². The Labute approximate surface area is 103 Å². The number of hydrogen-bond donors (Lipinski definition) is 1. The zero-order chi connectivity index (χ0) is 13.4. The average molecular weight is 261 g/mol. The lowest BCUT2D eigenvalue weighted by Crippen LogP contribution is -2.30. The minimum absolute atomic E-state index is 0.234. The number of halogens is 3. The summed E-state index contributed by atoms with van der Waals surface area (Å²) in [7, 11) is 0. The van der Waals surface area contributed by atoms with Crippen molar-refractivity contribution in [1.82, 2.24) is 0 Å². The molecule has 1 aromatic rings. The van der Waals surface area contributed by atoms with Crippen molar-refractivity contribution in [1.29, 1.82) is 0 Å². The SMILES string of the molecule is C[C@@]1(O)CCN(c2ccccc2OC(F)(F)F)C1. The molecule has 100 valence electrons. The Bertz CT molecular complexity index is 432. The second-order valence-corrected chi connectivity index (χ2v) is 4.68. The van der Waals surface area contributed by atoms with E-state index in [0.717, 1.165) is 0 Å². The van der Waals surface area contributed by atoms with Crippen molar-refractivity contribution >= 4 is 5.69 Å². The summed E-state index contributed by atoms with van der Waals surface area (Å²) in [5.74, 6) is -0.234. The summed E-state index contributed by atoms with van der Waals surface area (Å²) in [5, 5.41) is 9.84. The van der Waals surface area contributed by atoms with E-state index in [1.54, 1.807) is 24.0 Å². The summed E-state index contributed by atoms with van der Waals surface area (Å²) in [4.78, 5) is 1.70. The van der Waals surface area contributed by atoms with Crippen LogP contribution < -0.4 is 9.64 Å². The number of rotatable bonds is 2. The van der Waals surface area contributed by atoms with Crippen LogP contribution in [0.3, 0.4) is 0 Å². The second-order valence-electron chi connectivity index (χ2n) is 4.68. The van der Waals surface area contributed by atoms with E-state index in [9.17, 15) is 18.3 Å². The molecule has 0 aliphatic carbocycles. The van der Waals surface area contributed by atoms with Crippen molar-refractivity contribution in [2.24, 2.45) is 0 Å². The molecule has 0 spiro atoms. The third-order valence-electron chi connectivity index (χ3n) is 2.88. The van der Waals surface area contributed by atoms with Crippen LogP contribution in [0.15, 0.2) is 24.3 Å². The van der Waals surface area contributed by atoms with Gasteiger partial charge in [-0.05, 0) is 25.5 Å². The van der Waals surface area contributed by atoms with E-state index in [-0.39, 0.29) is 5.75 Å². The Morgan fingerprint density at radius 2 is 2.00 bits per heavy atom. The lowest BCUT2D eigenvalue weighted by molar-refractivity contribution is -0.274. The van der Waals surface area contributed by atoms with Crippen LogP contribution in [0.4, 0.5) is 18.9 Å². The number of para-hydroxylation sites is 2. The maximum Gasteiger partial charge on any atom is 0.573 e. The van der Waals surface area contributed by atoms with Gasteiger partial charge in [0.15, 0.2) is 5.75 Å². The number of alkyl halides is 3. The first-order valence-corrected chi connectivity index (χ1v) is 5.59. The van der Waals surface area contributed by atoms with E-state index in [0.29, 0.717) is 25.2 Å². The van der Waals surface area contributed by atoms with Gasteiger partial charge < -0.3 is 14.7 Å². The number of hydrogen-bond acceptors (Lipinski definition) is 3. The maximum atomic E-state index is 12.3. The first kappa shape index (κ1) is 13.0. The van der Waals surface area contributed by atoms with Crippen LogP contribution in [0, 0.1) is 0 Å². The molecular weight excluding hydrogens is 247 g/mol. The van der Waals surface area contributed by atoms with Gasteiger partial charge in [0.25, 0.3) is 0 Å². The number of aliphatic hydroxyl groups is 1. The zero-order valence-electron chi connectivity index (χ0n) is 9.87. The molecule has 1 atom stereocenters. The molecule has 1 fully saturated rings. The van der Waals surface area contributed by atoms with Gasteiger partial charge in [0, 0.05) is 13.1 Å². The molecular formula is C12H14F3NO2. The fourth-order valence-electron chi connectivity index (χ4n) is 2.08. The Morgan fingerprint density at radius 1 is 1.33 bits per heavy atom. The van der Waals surface area contributed by atoms with Crippen molar-refractivity contribution in [3.8, 4) is 5.75 Å². The second kappa shape index (κ2) is 4.35. The van der Waals surface area contributed by atoms with Gasteiger partial charge >= 0.3 is 6.36 Å². The molecule has 1 N–H and O–H groups in total. The summed E-state index contributed by atoms with van der Waals surface area (Å²) < 4.78 is 40.8. The number of nitrogens with zero attached hydrogens (tertiary/aromatic N) is 1. The molecule has 1 aliphatic heterocycles. The monoisotopic (exact) mass is 261 g/mol. The van der Waals surface area contributed by atoms with E-state index >= 15 is 0 Å². The summed E-state index contributed by atoms with van der Waals surface area (Å²) in [5.41, 5.74) is -0.515. The maximum absolute atomic E-state index is 12.3. The lowest BCUT2D eigenvalue weighted by Gasteiger charge is -2.23. The van der Waals surface area contributed by atoms with Gasteiger partial charge in [-0.25, -0.2) is 0 Å². The van der Waals surface area contributed by atoms with Crippen LogP contribution >= 0.6 is 0 Å². The van der Waals surface area contributed by atoms with Crippen molar-refractivity contribution in [3.05, 3.63) is 24.3 Å². The fraction of sp³-hybridized carbons (Fsp3) is 0.500. The molecule has 3 nitrogen and oxygen atoms in total. The van der Waals surface area contributed by atoms with Gasteiger partial charge in [0.1, 0.15) is 0 Å². The lowest BCUT2D eigenvalue weighted by atomic mass is 10.1. The molecule has 0 unspecified atom stereocenters. The van der Waals surface area contributed by atoms with Crippen molar-refractivity contribution < 1.29 is 23.0 Å². The van der Waals surface area contributed by atoms with E-state index < -0.39 is 12.0 Å². The van der Waals surface area contributed by atoms with E-state index in [1.165, 1.54) is 12.1 Å². The highest BCUT2D eigenvalue weighted by molar-refractivity contribution is 5.59. The highest BCUT2D eigenvalue weighted by Crippen LogP contribution is 2.36. The van der Waals surface area contributed by atoms with Gasteiger partial charge in [0.05, 0.1) is 11.3 Å². The minimum Gasteiger partial charge on any atom is -0.404 e. The van der Waals surface area contributed by atoms with Crippen molar-refractivity contribution in [2.75, 3.05) is 18.0 Å².